The Bertz CT molecular complexity index is 731. The summed E-state index contributed by atoms with van der Waals surface area (Å²) in [6.07, 6.45) is 6.54. The zero-order chi connectivity index (χ0) is 18.7. The summed E-state index contributed by atoms with van der Waals surface area (Å²) >= 11 is 0. The van der Waals surface area contributed by atoms with Crippen LogP contribution in [-0.2, 0) is 14.8 Å². The summed E-state index contributed by atoms with van der Waals surface area (Å²) in [5.41, 5.74) is 0.625. The zero-order valence-corrected chi connectivity index (χ0v) is 16.5. The minimum absolute atomic E-state index is 0.0394. The minimum atomic E-state index is -3.44. The van der Waals surface area contributed by atoms with Crippen molar-refractivity contribution in [1.29, 1.82) is 0 Å². The highest BCUT2D eigenvalue weighted by Crippen LogP contribution is 2.35. The topological polar surface area (TPSA) is 69.7 Å². The van der Waals surface area contributed by atoms with Gasteiger partial charge in [0, 0.05) is 26.3 Å². The van der Waals surface area contributed by atoms with Crippen LogP contribution in [0.2, 0.25) is 0 Å². The number of anilines is 1. The molecule has 0 radical (unpaired) electrons. The zero-order valence-electron chi connectivity index (χ0n) is 15.6. The molecule has 0 unspecified atom stereocenters. The Kier molecular flexibility index (Phi) is 5.99. The molecule has 1 aromatic rings. The number of carbonyl (C=O) groups excluding carboxylic acids is 1. The van der Waals surface area contributed by atoms with E-state index in [4.69, 9.17) is 0 Å². The van der Waals surface area contributed by atoms with Crippen molar-refractivity contribution in [3.05, 3.63) is 24.3 Å². The first-order valence-corrected chi connectivity index (χ1v) is 10.8. The number of likely N-dealkylation sites (tertiary alicyclic amines) is 1. The smallest absolute Gasteiger partial charge is 0.242 e. The Hall–Kier alpha value is -1.44. The van der Waals surface area contributed by atoms with Crippen molar-refractivity contribution in [3.8, 4) is 0 Å². The largest absolute Gasteiger partial charge is 0.325 e. The Morgan fingerprint density at radius 1 is 1.12 bits per heavy atom. The molecule has 3 rings (SSSR count). The first-order chi connectivity index (χ1) is 12.4. The molecule has 1 saturated carbocycles. The highest BCUT2D eigenvalue weighted by molar-refractivity contribution is 7.89. The molecule has 2 aliphatic rings. The van der Waals surface area contributed by atoms with Crippen LogP contribution in [0.1, 0.15) is 32.1 Å². The molecule has 2 fully saturated rings. The van der Waals surface area contributed by atoms with Crippen molar-refractivity contribution in [2.75, 3.05) is 39.0 Å². The molecule has 6 nitrogen and oxygen atoms in total. The van der Waals surface area contributed by atoms with Crippen molar-refractivity contribution < 1.29 is 13.2 Å². The second-order valence-corrected chi connectivity index (χ2v) is 9.84. The van der Waals surface area contributed by atoms with Gasteiger partial charge in [-0.3, -0.25) is 9.69 Å². The first kappa shape index (κ1) is 19.3. The number of sulfonamides is 1. The van der Waals surface area contributed by atoms with Gasteiger partial charge in [0.2, 0.25) is 15.9 Å². The summed E-state index contributed by atoms with van der Waals surface area (Å²) in [5.74, 6) is 1.57. The maximum absolute atomic E-state index is 12.4. The van der Waals surface area contributed by atoms with Gasteiger partial charge in [0.1, 0.15) is 0 Å². The summed E-state index contributed by atoms with van der Waals surface area (Å²) in [6, 6.07) is 6.33. The van der Waals surface area contributed by atoms with Gasteiger partial charge in [-0.15, -0.1) is 0 Å². The number of rotatable bonds is 5. The fourth-order valence-electron chi connectivity index (χ4n) is 4.14. The molecule has 0 aromatic heterocycles. The summed E-state index contributed by atoms with van der Waals surface area (Å²) in [5, 5.41) is 2.88. The number of nitrogens with zero attached hydrogens (tertiary/aromatic N) is 2. The third kappa shape index (κ3) is 4.45. The Morgan fingerprint density at radius 3 is 2.42 bits per heavy atom. The molecular weight excluding hydrogens is 350 g/mol. The van der Waals surface area contributed by atoms with Crippen LogP contribution in [0.25, 0.3) is 0 Å². The van der Waals surface area contributed by atoms with E-state index in [0.717, 1.165) is 24.9 Å². The first-order valence-electron chi connectivity index (χ1n) is 9.41. The fraction of sp³-hybridized carbons (Fsp3) is 0.632. The average molecular weight is 380 g/mol. The standard InChI is InChI=1S/C19H29N3O3S/c1-21(2)26(24,25)18-9-7-17(8-10-18)20-19(23)14-22-12-11-15-5-3-4-6-16(15)13-22/h7-10,15-16H,3-6,11-14H2,1-2H3,(H,20,23)/t15-,16-/m1/s1. The van der Waals surface area contributed by atoms with E-state index in [9.17, 15) is 13.2 Å². The maximum atomic E-state index is 12.4. The molecule has 0 spiro atoms. The van der Waals surface area contributed by atoms with Crippen molar-refractivity contribution >= 4 is 21.6 Å². The molecule has 2 atom stereocenters. The van der Waals surface area contributed by atoms with E-state index in [-0.39, 0.29) is 10.8 Å². The molecule has 1 aliphatic heterocycles. The lowest BCUT2D eigenvalue weighted by Crippen LogP contribution is -2.44. The second-order valence-electron chi connectivity index (χ2n) is 7.69. The molecule has 144 valence electrons. The number of amides is 1. The van der Waals surface area contributed by atoms with E-state index in [1.807, 2.05) is 0 Å². The van der Waals surface area contributed by atoms with Crippen molar-refractivity contribution in [1.82, 2.24) is 9.21 Å². The molecule has 1 amide bonds. The van der Waals surface area contributed by atoms with E-state index in [0.29, 0.717) is 12.2 Å². The van der Waals surface area contributed by atoms with Crippen molar-refractivity contribution in [2.24, 2.45) is 11.8 Å². The van der Waals surface area contributed by atoms with Gasteiger partial charge in [0.15, 0.2) is 0 Å². The van der Waals surface area contributed by atoms with Gasteiger partial charge >= 0.3 is 0 Å². The summed E-state index contributed by atoms with van der Waals surface area (Å²) in [6.45, 7) is 2.42. The Labute approximate surface area is 156 Å². The molecule has 1 saturated heterocycles. The molecule has 0 bridgehead atoms. The summed E-state index contributed by atoms with van der Waals surface area (Å²) in [4.78, 5) is 14.8. The highest BCUT2D eigenvalue weighted by atomic mass is 32.2. The fourth-order valence-corrected chi connectivity index (χ4v) is 5.05. The Balaban J connectivity index is 1.53. The number of carbonyl (C=O) groups is 1. The monoisotopic (exact) mass is 379 g/mol. The van der Waals surface area contributed by atoms with Gasteiger partial charge in [-0.2, -0.15) is 0 Å². The molecule has 1 N–H and O–H groups in total. The molecule has 1 aromatic carbocycles. The van der Waals surface area contributed by atoms with Gasteiger partial charge < -0.3 is 5.32 Å². The molecular formula is C19H29N3O3S. The van der Waals surface area contributed by atoms with Gasteiger partial charge in [-0.05, 0) is 55.5 Å². The van der Waals surface area contributed by atoms with E-state index in [1.165, 1.54) is 62.6 Å². The third-order valence-electron chi connectivity index (χ3n) is 5.66. The number of fused-ring (bicyclic) bond motifs is 1. The Morgan fingerprint density at radius 2 is 1.77 bits per heavy atom. The second kappa shape index (κ2) is 8.06. The van der Waals surface area contributed by atoms with Crippen LogP contribution in [0.5, 0.6) is 0 Å². The molecule has 26 heavy (non-hydrogen) atoms. The van der Waals surface area contributed by atoms with E-state index >= 15 is 0 Å². The predicted molar refractivity (Wildman–Crippen MR) is 102 cm³/mol. The lowest BCUT2D eigenvalue weighted by molar-refractivity contribution is -0.118. The molecule has 1 aliphatic carbocycles. The van der Waals surface area contributed by atoms with Crippen molar-refractivity contribution in [3.63, 3.8) is 0 Å². The maximum Gasteiger partial charge on any atom is 0.242 e. The molecule has 7 heteroatoms. The number of benzene rings is 1. The van der Waals surface area contributed by atoms with Crippen LogP contribution < -0.4 is 5.32 Å². The quantitative estimate of drug-likeness (QED) is 0.853. The van der Waals surface area contributed by atoms with E-state index in [1.54, 1.807) is 12.1 Å². The van der Waals surface area contributed by atoms with Crippen LogP contribution in [0.4, 0.5) is 5.69 Å². The average Bonchev–Trinajstić information content (AvgIpc) is 2.62. The lowest BCUT2D eigenvalue weighted by Gasteiger charge is -2.41. The predicted octanol–water partition coefficient (Wildman–Crippen LogP) is 2.39. The number of nitrogens with one attached hydrogen (secondary N) is 1. The van der Waals surface area contributed by atoms with Crippen LogP contribution in [0.15, 0.2) is 29.2 Å². The summed E-state index contributed by atoms with van der Waals surface area (Å²) in [7, 11) is -0.443. The van der Waals surface area contributed by atoms with Gasteiger partial charge in [0.05, 0.1) is 11.4 Å². The van der Waals surface area contributed by atoms with Crippen LogP contribution in [0, 0.1) is 11.8 Å². The van der Waals surface area contributed by atoms with Gasteiger partial charge in [0.25, 0.3) is 0 Å². The van der Waals surface area contributed by atoms with Gasteiger partial charge in [-0.1, -0.05) is 19.3 Å². The van der Waals surface area contributed by atoms with E-state index in [2.05, 4.69) is 10.2 Å². The molecule has 1 heterocycles. The van der Waals surface area contributed by atoms with Crippen molar-refractivity contribution in [2.45, 2.75) is 37.0 Å². The van der Waals surface area contributed by atoms with Gasteiger partial charge in [-0.25, -0.2) is 12.7 Å². The number of piperidine rings is 1. The SMILES string of the molecule is CN(C)S(=O)(=O)c1ccc(NC(=O)CN2CC[C@H]3CCCC[C@@H]3C2)cc1. The summed E-state index contributed by atoms with van der Waals surface area (Å²) < 4.78 is 25.3. The van der Waals surface area contributed by atoms with Crippen LogP contribution >= 0.6 is 0 Å². The highest BCUT2D eigenvalue weighted by Gasteiger charge is 2.31. The minimum Gasteiger partial charge on any atom is -0.325 e. The number of hydrogen-bond donors (Lipinski definition) is 1. The van der Waals surface area contributed by atoms with Crippen LogP contribution in [0.3, 0.4) is 0 Å². The lowest BCUT2D eigenvalue weighted by atomic mass is 9.75. The van der Waals surface area contributed by atoms with E-state index < -0.39 is 10.0 Å². The number of hydrogen-bond acceptors (Lipinski definition) is 4. The van der Waals surface area contributed by atoms with Crippen LogP contribution in [-0.4, -0.2) is 57.3 Å². The third-order valence-corrected chi connectivity index (χ3v) is 7.49. The normalized spacial score (nSPS) is 24.3.